The molecule has 0 saturated heterocycles. The van der Waals surface area contributed by atoms with E-state index >= 15 is 0 Å². The summed E-state index contributed by atoms with van der Waals surface area (Å²) < 4.78 is 27.9. The molecule has 0 aliphatic heterocycles. The molecule has 1 aromatic carbocycles. The molecule has 3 N–H and O–H groups in total. The van der Waals surface area contributed by atoms with Gasteiger partial charge in [-0.05, 0) is 30.3 Å². The second-order valence-electron chi connectivity index (χ2n) is 4.72. The predicted molar refractivity (Wildman–Crippen MR) is 92.9 cm³/mol. The molecule has 0 amide bonds. The van der Waals surface area contributed by atoms with Crippen LogP contribution >= 0.6 is 22.9 Å². The minimum atomic E-state index is -3.92. The van der Waals surface area contributed by atoms with E-state index in [9.17, 15) is 18.5 Å². The maximum Gasteiger partial charge on any atom is 0.294 e. The van der Waals surface area contributed by atoms with Crippen molar-refractivity contribution in [1.29, 1.82) is 0 Å². The zero-order valence-electron chi connectivity index (χ0n) is 11.8. The summed E-state index contributed by atoms with van der Waals surface area (Å²) in [5.74, 6) is 0. The standard InChI is InChI=1S/C13H9ClN4O4S2/c14-12-4-3-11-9(16-12)6-13(23-11)24(21,22)17-7-1-2-8(15)10(5-7)18(19)20/h1-6,17H,15H2. The number of halogens is 1. The summed E-state index contributed by atoms with van der Waals surface area (Å²) in [6, 6.07) is 8.30. The highest BCUT2D eigenvalue weighted by Gasteiger charge is 2.20. The highest BCUT2D eigenvalue weighted by atomic mass is 35.5. The van der Waals surface area contributed by atoms with E-state index in [4.69, 9.17) is 17.3 Å². The minimum absolute atomic E-state index is 0.0201. The Morgan fingerprint density at radius 1 is 1.25 bits per heavy atom. The topological polar surface area (TPSA) is 128 Å². The monoisotopic (exact) mass is 384 g/mol. The van der Waals surface area contributed by atoms with Crippen molar-refractivity contribution >= 4 is 60.2 Å². The van der Waals surface area contributed by atoms with E-state index in [2.05, 4.69) is 9.71 Å². The fourth-order valence-corrected chi connectivity index (χ4v) is 4.50. The molecule has 8 nitrogen and oxygen atoms in total. The van der Waals surface area contributed by atoms with E-state index < -0.39 is 14.9 Å². The minimum Gasteiger partial charge on any atom is -0.393 e. The molecule has 0 spiro atoms. The summed E-state index contributed by atoms with van der Waals surface area (Å²) in [5, 5.41) is 11.1. The van der Waals surface area contributed by atoms with Crippen molar-refractivity contribution in [2.24, 2.45) is 0 Å². The van der Waals surface area contributed by atoms with Crippen LogP contribution in [0.2, 0.25) is 5.15 Å². The molecule has 0 bridgehead atoms. The number of anilines is 2. The fourth-order valence-electron chi connectivity index (χ4n) is 1.98. The molecule has 0 radical (unpaired) electrons. The van der Waals surface area contributed by atoms with Crippen LogP contribution in [0, 0.1) is 10.1 Å². The molecule has 0 aliphatic carbocycles. The molecule has 3 aromatic rings. The van der Waals surface area contributed by atoms with Gasteiger partial charge in [0.1, 0.15) is 15.0 Å². The number of rotatable bonds is 4. The van der Waals surface area contributed by atoms with Crippen LogP contribution in [-0.2, 0) is 10.0 Å². The number of sulfonamides is 1. The van der Waals surface area contributed by atoms with Crippen LogP contribution in [-0.4, -0.2) is 18.3 Å². The van der Waals surface area contributed by atoms with Crippen LogP contribution in [0.1, 0.15) is 0 Å². The third-order valence-electron chi connectivity index (χ3n) is 3.06. The SMILES string of the molecule is Nc1ccc(NS(=O)(=O)c2cc3nc(Cl)ccc3s2)cc1[N+](=O)[O-]. The predicted octanol–water partition coefficient (Wildman–Crippen LogP) is 3.24. The van der Waals surface area contributed by atoms with Gasteiger partial charge in [-0.25, -0.2) is 13.4 Å². The van der Waals surface area contributed by atoms with Gasteiger partial charge in [-0.3, -0.25) is 14.8 Å². The largest absolute Gasteiger partial charge is 0.393 e. The summed E-state index contributed by atoms with van der Waals surface area (Å²) in [6.45, 7) is 0. The van der Waals surface area contributed by atoms with E-state index in [1.807, 2.05) is 0 Å². The first-order valence-electron chi connectivity index (χ1n) is 6.39. The quantitative estimate of drug-likeness (QED) is 0.307. The van der Waals surface area contributed by atoms with Crippen LogP contribution < -0.4 is 10.5 Å². The van der Waals surface area contributed by atoms with Crippen molar-refractivity contribution in [1.82, 2.24) is 4.98 Å². The number of nitrogens with zero attached hydrogens (tertiary/aromatic N) is 2. The number of benzene rings is 1. The number of hydrogen-bond donors (Lipinski definition) is 2. The third-order valence-corrected chi connectivity index (χ3v) is 6.22. The van der Waals surface area contributed by atoms with E-state index in [1.165, 1.54) is 18.2 Å². The Bertz CT molecular complexity index is 1070. The van der Waals surface area contributed by atoms with Gasteiger partial charge in [0.25, 0.3) is 15.7 Å². The maximum atomic E-state index is 12.5. The van der Waals surface area contributed by atoms with Crippen molar-refractivity contribution in [3.05, 3.63) is 51.7 Å². The Morgan fingerprint density at radius 2 is 2.00 bits per heavy atom. The Morgan fingerprint density at radius 3 is 2.71 bits per heavy atom. The second-order valence-corrected chi connectivity index (χ2v) is 8.10. The molecule has 0 unspecified atom stereocenters. The maximum absolute atomic E-state index is 12.5. The van der Waals surface area contributed by atoms with E-state index in [0.29, 0.717) is 10.2 Å². The van der Waals surface area contributed by atoms with Crippen LogP contribution in [0.15, 0.2) is 40.6 Å². The van der Waals surface area contributed by atoms with Gasteiger partial charge in [-0.1, -0.05) is 11.6 Å². The summed E-state index contributed by atoms with van der Waals surface area (Å²) in [5.41, 5.74) is 5.56. The van der Waals surface area contributed by atoms with Gasteiger partial charge >= 0.3 is 0 Å². The van der Waals surface area contributed by atoms with Crippen LogP contribution in [0.5, 0.6) is 0 Å². The van der Waals surface area contributed by atoms with Gasteiger partial charge in [-0.15, -0.1) is 11.3 Å². The van der Waals surface area contributed by atoms with Gasteiger partial charge in [0.2, 0.25) is 0 Å². The van der Waals surface area contributed by atoms with Crippen LogP contribution in [0.4, 0.5) is 17.1 Å². The lowest BCUT2D eigenvalue weighted by molar-refractivity contribution is -0.383. The highest BCUT2D eigenvalue weighted by Crippen LogP contribution is 2.31. The Hall–Kier alpha value is -2.43. The molecule has 0 aliphatic rings. The summed E-state index contributed by atoms with van der Waals surface area (Å²) >= 11 is 6.80. The van der Waals surface area contributed by atoms with Gasteiger partial charge in [0.15, 0.2) is 0 Å². The zero-order chi connectivity index (χ0) is 17.5. The summed E-state index contributed by atoms with van der Waals surface area (Å²) in [4.78, 5) is 14.3. The lowest BCUT2D eigenvalue weighted by Crippen LogP contribution is -2.11. The number of nitrogens with two attached hydrogens (primary N) is 1. The third kappa shape index (κ3) is 3.11. The first-order valence-corrected chi connectivity index (χ1v) is 9.07. The van der Waals surface area contributed by atoms with Crippen molar-refractivity contribution in [3.8, 4) is 0 Å². The Kier molecular flexibility index (Phi) is 4.03. The lowest BCUT2D eigenvalue weighted by Gasteiger charge is -2.06. The molecule has 11 heteroatoms. The average molecular weight is 385 g/mol. The molecule has 0 saturated carbocycles. The van der Waals surface area contributed by atoms with E-state index in [-0.39, 0.29) is 26.4 Å². The molecular weight excluding hydrogens is 376 g/mol. The first kappa shape index (κ1) is 16.4. The number of thiophene rings is 1. The summed E-state index contributed by atoms with van der Waals surface area (Å²) in [6.07, 6.45) is 0. The van der Waals surface area contributed by atoms with Crippen LogP contribution in [0.3, 0.4) is 0 Å². The van der Waals surface area contributed by atoms with E-state index in [1.54, 1.807) is 12.1 Å². The zero-order valence-corrected chi connectivity index (χ0v) is 14.2. The number of nitro groups is 1. The van der Waals surface area contributed by atoms with Crippen molar-refractivity contribution in [2.45, 2.75) is 4.21 Å². The van der Waals surface area contributed by atoms with Gasteiger partial charge in [0.05, 0.1) is 20.8 Å². The van der Waals surface area contributed by atoms with Crippen molar-refractivity contribution < 1.29 is 13.3 Å². The van der Waals surface area contributed by atoms with Gasteiger partial charge in [0, 0.05) is 6.07 Å². The van der Waals surface area contributed by atoms with Gasteiger partial charge in [-0.2, -0.15) is 0 Å². The molecule has 0 atom stereocenters. The molecule has 3 rings (SSSR count). The second kappa shape index (κ2) is 5.89. The fraction of sp³-hybridized carbons (Fsp3) is 0. The Labute approximate surface area is 145 Å². The molecule has 2 heterocycles. The number of nitro benzene ring substituents is 1. The normalized spacial score (nSPS) is 11.5. The van der Waals surface area contributed by atoms with Crippen molar-refractivity contribution in [2.75, 3.05) is 10.5 Å². The molecule has 2 aromatic heterocycles. The van der Waals surface area contributed by atoms with Crippen molar-refractivity contribution in [3.63, 3.8) is 0 Å². The molecule has 124 valence electrons. The number of aromatic nitrogens is 1. The average Bonchev–Trinajstić information content (AvgIpc) is 2.92. The first-order chi connectivity index (χ1) is 11.3. The number of nitrogens with one attached hydrogen (secondary N) is 1. The molecule has 24 heavy (non-hydrogen) atoms. The molecular formula is C13H9ClN4O4S2. The number of hydrogen-bond acceptors (Lipinski definition) is 7. The Balaban J connectivity index is 1.98. The smallest absolute Gasteiger partial charge is 0.294 e. The number of fused-ring (bicyclic) bond motifs is 1. The van der Waals surface area contributed by atoms with Gasteiger partial charge < -0.3 is 5.73 Å². The summed E-state index contributed by atoms with van der Waals surface area (Å²) in [7, 11) is -3.92. The number of pyridine rings is 1. The van der Waals surface area contributed by atoms with E-state index in [0.717, 1.165) is 17.4 Å². The lowest BCUT2D eigenvalue weighted by atomic mass is 10.2. The van der Waals surface area contributed by atoms with Crippen LogP contribution in [0.25, 0.3) is 10.2 Å². The highest BCUT2D eigenvalue weighted by molar-refractivity contribution is 7.94. The molecule has 0 fully saturated rings. The number of nitrogen functional groups attached to an aromatic ring is 1.